The predicted molar refractivity (Wildman–Crippen MR) is 217 cm³/mol. The number of amides is 3. The molecule has 0 spiro atoms. The fourth-order valence-electron chi connectivity index (χ4n) is 7.05. The van der Waals surface area contributed by atoms with Gasteiger partial charge in [0.05, 0.1) is 6.04 Å². The number of aromatic nitrogens is 1. The van der Waals surface area contributed by atoms with Gasteiger partial charge in [0.15, 0.2) is 12.8 Å². The Morgan fingerprint density at radius 2 is 1.75 bits per heavy atom. The molecule has 3 rings (SSSR count). The molecule has 2 unspecified atom stereocenters. The van der Waals surface area contributed by atoms with E-state index in [4.69, 9.17) is 9.47 Å². The topological polar surface area (TPSA) is 185 Å². The number of aromatic hydroxyl groups is 1. The number of aldehydes is 1. The molecular weight excluding hydrogens is 751 g/mol. The van der Waals surface area contributed by atoms with Crippen LogP contribution < -0.4 is 10.6 Å². The lowest BCUT2D eigenvalue weighted by Crippen LogP contribution is -2.59. The number of carbonyl (C=O) groups is 6. The Morgan fingerprint density at radius 3 is 2.35 bits per heavy atom. The van der Waals surface area contributed by atoms with Crippen molar-refractivity contribution in [3.05, 3.63) is 45.9 Å². The third kappa shape index (κ3) is 14.5. The Balaban J connectivity index is 1.94. The molecular formula is C42H63N5O9S. The zero-order valence-corrected chi connectivity index (χ0v) is 35.6. The van der Waals surface area contributed by atoms with Gasteiger partial charge in [0, 0.05) is 43.1 Å². The molecule has 0 bridgehead atoms. The van der Waals surface area contributed by atoms with Crippen LogP contribution >= 0.6 is 11.3 Å². The third-order valence-electron chi connectivity index (χ3n) is 10.6. The minimum Gasteiger partial charge on any atom is -0.508 e. The van der Waals surface area contributed by atoms with Crippen LogP contribution in [0, 0.1) is 17.8 Å². The minimum atomic E-state index is -0.974. The van der Waals surface area contributed by atoms with Crippen molar-refractivity contribution in [3.63, 3.8) is 0 Å². The number of phenolic OH excluding ortho intramolecular Hbond substituents is 1. The second-order valence-electron chi connectivity index (χ2n) is 15.7. The van der Waals surface area contributed by atoms with Crippen LogP contribution in [0.2, 0.25) is 0 Å². The van der Waals surface area contributed by atoms with Crippen molar-refractivity contribution in [1.82, 2.24) is 25.4 Å². The standard InChI is InChI=1S/C42H63N5O9S/c1-9-13-37(51)55-25-47(42(54)38(28(6)10-2)45-40(53)34-14-11-12-19-46(34)8)35(26(3)4)22-36(56-29(7)49)41-44-33(24-57-41)39(52)43-31(20-27(5)23-48)21-30-15-17-32(50)18-16-30/h15-18,23-24,26-28,31,34-36,38,50H,9-14,19-22,25H2,1-8H3,(H,43,52)(H,45,53)/t27-,28?,31+,34+,35+,36+,38?/m0/s1. The van der Waals surface area contributed by atoms with E-state index in [9.17, 15) is 33.9 Å². The molecule has 1 aromatic carbocycles. The van der Waals surface area contributed by atoms with Crippen LogP contribution in [0.15, 0.2) is 29.6 Å². The Labute approximate surface area is 341 Å². The molecule has 1 aromatic heterocycles. The lowest BCUT2D eigenvalue weighted by atomic mass is 9.92. The van der Waals surface area contributed by atoms with Crippen LogP contribution in [-0.4, -0.2) is 100 Å². The van der Waals surface area contributed by atoms with Crippen molar-refractivity contribution in [3.8, 4) is 5.75 Å². The number of thiazole rings is 1. The van der Waals surface area contributed by atoms with Gasteiger partial charge in [-0.1, -0.05) is 66.5 Å². The van der Waals surface area contributed by atoms with Gasteiger partial charge in [-0.15, -0.1) is 11.3 Å². The summed E-state index contributed by atoms with van der Waals surface area (Å²) in [7, 11) is 1.91. The molecule has 1 aliphatic heterocycles. The van der Waals surface area contributed by atoms with E-state index < -0.39 is 48.0 Å². The number of carbonyl (C=O) groups excluding carboxylic acids is 6. The molecule has 0 aliphatic carbocycles. The number of likely N-dealkylation sites (tertiary alicyclic amines) is 1. The van der Waals surface area contributed by atoms with E-state index in [-0.39, 0.29) is 60.7 Å². The monoisotopic (exact) mass is 813 g/mol. The summed E-state index contributed by atoms with van der Waals surface area (Å²) in [5, 5.41) is 17.7. The fourth-order valence-corrected chi connectivity index (χ4v) is 7.89. The van der Waals surface area contributed by atoms with E-state index in [2.05, 4.69) is 15.6 Å². The van der Waals surface area contributed by atoms with Crippen LogP contribution in [0.1, 0.15) is 127 Å². The maximum absolute atomic E-state index is 14.7. The number of esters is 2. The molecule has 0 radical (unpaired) electrons. The van der Waals surface area contributed by atoms with E-state index >= 15 is 0 Å². The van der Waals surface area contributed by atoms with Gasteiger partial charge >= 0.3 is 11.9 Å². The highest BCUT2D eigenvalue weighted by Crippen LogP contribution is 2.32. The van der Waals surface area contributed by atoms with E-state index in [0.717, 1.165) is 42.6 Å². The summed E-state index contributed by atoms with van der Waals surface area (Å²) in [6.07, 6.45) is 4.63. The van der Waals surface area contributed by atoms with Crippen molar-refractivity contribution in [1.29, 1.82) is 0 Å². The molecule has 316 valence electrons. The first-order valence-corrected chi connectivity index (χ1v) is 21.1. The summed E-state index contributed by atoms with van der Waals surface area (Å²) < 4.78 is 11.5. The van der Waals surface area contributed by atoms with Crippen LogP contribution in [0.4, 0.5) is 0 Å². The van der Waals surface area contributed by atoms with Gasteiger partial charge in [0.1, 0.15) is 28.8 Å². The van der Waals surface area contributed by atoms with Crippen molar-refractivity contribution in [2.24, 2.45) is 17.8 Å². The van der Waals surface area contributed by atoms with Crippen LogP contribution in [0.5, 0.6) is 5.75 Å². The molecule has 7 atom stereocenters. The second-order valence-corrected chi connectivity index (χ2v) is 16.6. The zero-order valence-electron chi connectivity index (χ0n) is 34.8. The summed E-state index contributed by atoms with van der Waals surface area (Å²) in [5.74, 6) is -2.87. The minimum absolute atomic E-state index is 0.0652. The maximum Gasteiger partial charge on any atom is 0.307 e. The summed E-state index contributed by atoms with van der Waals surface area (Å²) >= 11 is 1.13. The highest BCUT2D eigenvalue weighted by Gasteiger charge is 2.39. The van der Waals surface area contributed by atoms with Crippen LogP contribution in [0.25, 0.3) is 0 Å². The van der Waals surface area contributed by atoms with Crippen molar-refractivity contribution < 1.29 is 43.3 Å². The molecule has 3 N–H and O–H groups in total. The first kappa shape index (κ1) is 47.0. The molecule has 1 saturated heterocycles. The molecule has 14 nitrogen and oxygen atoms in total. The van der Waals surface area contributed by atoms with Crippen LogP contribution in [0.3, 0.4) is 0 Å². The summed E-state index contributed by atoms with van der Waals surface area (Å²) in [4.78, 5) is 86.9. The number of phenols is 1. The number of benzene rings is 1. The van der Waals surface area contributed by atoms with Crippen molar-refractivity contribution >= 4 is 47.3 Å². The molecule has 15 heteroatoms. The molecule has 2 heterocycles. The Bertz CT molecular complexity index is 1630. The van der Waals surface area contributed by atoms with Gasteiger partial charge in [0.2, 0.25) is 11.8 Å². The molecule has 3 amide bonds. The van der Waals surface area contributed by atoms with E-state index in [1.807, 2.05) is 46.6 Å². The lowest BCUT2D eigenvalue weighted by Gasteiger charge is -2.39. The molecule has 57 heavy (non-hydrogen) atoms. The van der Waals surface area contributed by atoms with Gasteiger partial charge in [0.25, 0.3) is 5.91 Å². The quantitative estimate of drug-likeness (QED) is 0.0767. The number of likely N-dealkylation sites (N-methyl/N-ethyl adjacent to an activating group) is 1. The first-order chi connectivity index (χ1) is 27.1. The Kier molecular flexibility index (Phi) is 19.1. The summed E-state index contributed by atoms with van der Waals surface area (Å²) in [6, 6.07) is 4.27. The van der Waals surface area contributed by atoms with E-state index in [1.165, 1.54) is 11.8 Å². The lowest BCUT2D eigenvalue weighted by molar-refractivity contribution is -0.160. The summed E-state index contributed by atoms with van der Waals surface area (Å²) in [5.41, 5.74) is 0.956. The second kappa shape index (κ2) is 23.1. The largest absolute Gasteiger partial charge is 0.508 e. The molecule has 1 fully saturated rings. The van der Waals surface area contributed by atoms with Gasteiger partial charge in [-0.25, -0.2) is 4.98 Å². The van der Waals surface area contributed by atoms with Gasteiger partial charge in [-0.3, -0.25) is 28.9 Å². The third-order valence-corrected chi connectivity index (χ3v) is 11.5. The Morgan fingerprint density at radius 1 is 1.05 bits per heavy atom. The van der Waals surface area contributed by atoms with E-state index in [1.54, 1.807) is 36.6 Å². The average molecular weight is 814 g/mol. The number of hydrogen-bond acceptors (Lipinski definition) is 12. The number of rotatable bonds is 22. The fraction of sp³-hybridized carbons (Fsp3) is 0.643. The van der Waals surface area contributed by atoms with Gasteiger partial charge in [-0.05, 0) is 75.2 Å². The SMILES string of the molecule is CCCC(=O)OCN(C(=O)C(NC(=O)[C@H]1CCCCN1C)C(C)CC)[C@H](C[C@@H](OC(C)=O)c1nc(C(=O)N[C@@H](Cc2ccc(O)cc2)C[C@H](C)C=O)cs1)C(C)C. The zero-order chi connectivity index (χ0) is 42.2. The number of piperidine rings is 1. The van der Waals surface area contributed by atoms with Gasteiger partial charge < -0.3 is 34.9 Å². The van der Waals surface area contributed by atoms with Crippen LogP contribution in [-0.2, 0) is 39.9 Å². The number of hydrogen-bond donors (Lipinski definition) is 3. The summed E-state index contributed by atoms with van der Waals surface area (Å²) in [6.45, 7) is 13.0. The molecule has 1 aliphatic rings. The number of nitrogens with zero attached hydrogens (tertiary/aromatic N) is 3. The maximum atomic E-state index is 14.7. The van der Waals surface area contributed by atoms with Crippen molar-refractivity contribution in [2.75, 3.05) is 20.3 Å². The van der Waals surface area contributed by atoms with E-state index in [0.29, 0.717) is 37.1 Å². The smallest absolute Gasteiger partial charge is 0.307 e. The normalized spacial score (nSPS) is 17.7. The van der Waals surface area contributed by atoms with Crippen molar-refractivity contribution in [2.45, 2.75) is 137 Å². The van der Waals surface area contributed by atoms with Gasteiger partial charge in [-0.2, -0.15) is 0 Å². The highest BCUT2D eigenvalue weighted by atomic mass is 32.1. The first-order valence-electron chi connectivity index (χ1n) is 20.2. The Hall–Kier alpha value is -4.37. The average Bonchev–Trinajstić information content (AvgIpc) is 3.67. The number of nitrogens with one attached hydrogen (secondary N) is 2. The predicted octanol–water partition coefficient (Wildman–Crippen LogP) is 5.58. The number of ether oxygens (including phenoxy) is 2. The molecule has 2 aromatic rings. The highest BCUT2D eigenvalue weighted by molar-refractivity contribution is 7.09. The molecule has 0 saturated carbocycles.